The van der Waals surface area contributed by atoms with Crippen LogP contribution in [-0.4, -0.2) is 36.3 Å². The molecule has 0 spiro atoms. The molecule has 4 nitrogen and oxygen atoms in total. The van der Waals surface area contributed by atoms with Crippen molar-refractivity contribution in [3.8, 4) is 0 Å². The molecule has 1 aliphatic rings. The van der Waals surface area contributed by atoms with Crippen LogP contribution in [0.2, 0.25) is 0 Å². The van der Waals surface area contributed by atoms with E-state index in [9.17, 15) is 14.0 Å². The van der Waals surface area contributed by atoms with Crippen molar-refractivity contribution < 1.29 is 14.0 Å². The molecule has 1 aliphatic heterocycles. The van der Waals surface area contributed by atoms with Gasteiger partial charge in [-0.25, -0.2) is 4.39 Å². The molecule has 94 valence electrons. The van der Waals surface area contributed by atoms with Gasteiger partial charge in [0.05, 0.1) is 6.54 Å². The number of carbonyl (C=O) groups is 2. The van der Waals surface area contributed by atoms with Crippen LogP contribution in [0.25, 0.3) is 6.08 Å². The van der Waals surface area contributed by atoms with Crippen molar-refractivity contribution in [1.82, 2.24) is 10.2 Å². The normalized spacial score (nSPS) is 15.8. The van der Waals surface area contributed by atoms with Crippen molar-refractivity contribution in [2.45, 2.75) is 0 Å². The van der Waals surface area contributed by atoms with Gasteiger partial charge in [0.15, 0.2) is 0 Å². The molecular formula is C13H13FN2O2. The van der Waals surface area contributed by atoms with E-state index in [1.807, 2.05) is 0 Å². The molecule has 2 rings (SSSR count). The highest BCUT2D eigenvalue weighted by Crippen LogP contribution is 2.05. The zero-order valence-electron chi connectivity index (χ0n) is 9.73. The fourth-order valence-electron chi connectivity index (χ4n) is 1.67. The first-order valence-electron chi connectivity index (χ1n) is 5.64. The molecule has 1 aromatic carbocycles. The Morgan fingerprint density at radius 1 is 1.33 bits per heavy atom. The molecule has 0 aliphatic carbocycles. The summed E-state index contributed by atoms with van der Waals surface area (Å²) in [6, 6.07) is 5.83. The van der Waals surface area contributed by atoms with Gasteiger partial charge in [0.25, 0.3) is 0 Å². The zero-order valence-corrected chi connectivity index (χ0v) is 9.73. The van der Waals surface area contributed by atoms with E-state index in [2.05, 4.69) is 5.32 Å². The Morgan fingerprint density at radius 3 is 2.72 bits per heavy atom. The Balaban J connectivity index is 1.98. The minimum absolute atomic E-state index is 0.0899. The predicted octanol–water partition coefficient (Wildman–Crippen LogP) is 0.797. The van der Waals surface area contributed by atoms with Gasteiger partial charge in [0.2, 0.25) is 11.8 Å². The number of benzene rings is 1. The minimum Gasteiger partial charge on any atom is -0.353 e. The molecule has 5 heteroatoms. The first-order valence-corrected chi connectivity index (χ1v) is 5.64. The third-order valence-corrected chi connectivity index (χ3v) is 2.64. The summed E-state index contributed by atoms with van der Waals surface area (Å²) in [5.41, 5.74) is 0.742. The average molecular weight is 248 g/mol. The van der Waals surface area contributed by atoms with Gasteiger partial charge in [-0.3, -0.25) is 9.59 Å². The lowest BCUT2D eigenvalue weighted by Crippen LogP contribution is -2.49. The summed E-state index contributed by atoms with van der Waals surface area (Å²) in [5, 5.41) is 2.65. The maximum atomic E-state index is 12.7. The molecular weight excluding hydrogens is 235 g/mol. The second-order valence-electron chi connectivity index (χ2n) is 3.99. The zero-order chi connectivity index (χ0) is 13.0. The maximum absolute atomic E-state index is 12.7. The van der Waals surface area contributed by atoms with Gasteiger partial charge in [-0.2, -0.15) is 0 Å². The van der Waals surface area contributed by atoms with Crippen molar-refractivity contribution in [3.05, 3.63) is 41.7 Å². The van der Waals surface area contributed by atoms with Gasteiger partial charge in [0, 0.05) is 19.2 Å². The van der Waals surface area contributed by atoms with E-state index in [0.29, 0.717) is 13.1 Å². The third-order valence-electron chi connectivity index (χ3n) is 2.64. The van der Waals surface area contributed by atoms with Crippen LogP contribution in [0.3, 0.4) is 0 Å². The van der Waals surface area contributed by atoms with Crippen LogP contribution in [-0.2, 0) is 9.59 Å². The Hall–Kier alpha value is -2.17. The molecule has 0 bridgehead atoms. The summed E-state index contributed by atoms with van der Waals surface area (Å²) >= 11 is 0. The number of piperazine rings is 1. The SMILES string of the molecule is O=C1CN(C(=O)/C=C\c2ccc(F)cc2)CCN1. The number of hydrogen-bond donors (Lipinski definition) is 1. The Kier molecular flexibility index (Phi) is 3.72. The number of nitrogens with one attached hydrogen (secondary N) is 1. The van der Waals surface area contributed by atoms with E-state index in [1.54, 1.807) is 18.2 Å². The van der Waals surface area contributed by atoms with Crippen LogP contribution in [0, 0.1) is 5.82 Å². The van der Waals surface area contributed by atoms with Crippen molar-refractivity contribution in [2.75, 3.05) is 19.6 Å². The lowest BCUT2D eigenvalue weighted by atomic mass is 10.2. The Morgan fingerprint density at radius 2 is 2.06 bits per heavy atom. The van der Waals surface area contributed by atoms with Crippen LogP contribution < -0.4 is 5.32 Å². The van der Waals surface area contributed by atoms with Crippen LogP contribution >= 0.6 is 0 Å². The second-order valence-corrected chi connectivity index (χ2v) is 3.99. The highest BCUT2D eigenvalue weighted by Gasteiger charge is 2.18. The van der Waals surface area contributed by atoms with Crippen molar-refractivity contribution >= 4 is 17.9 Å². The predicted molar refractivity (Wildman–Crippen MR) is 65.0 cm³/mol. The first kappa shape index (κ1) is 12.3. The highest BCUT2D eigenvalue weighted by atomic mass is 19.1. The smallest absolute Gasteiger partial charge is 0.247 e. The third kappa shape index (κ3) is 3.16. The maximum Gasteiger partial charge on any atom is 0.247 e. The quantitative estimate of drug-likeness (QED) is 0.787. The summed E-state index contributed by atoms with van der Waals surface area (Å²) in [4.78, 5) is 24.4. The van der Waals surface area contributed by atoms with Crippen molar-refractivity contribution in [1.29, 1.82) is 0 Å². The molecule has 1 heterocycles. The van der Waals surface area contributed by atoms with Crippen LogP contribution in [0.15, 0.2) is 30.3 Å². The fourth-order valence-corrected chi connectivity index (χ4v) is 1.67. The molecule has 0 unspecified atom stereocenters. The number of carbonyl (C=O) groups excluding carboxylic acids is 2. The molecule has 1 aromatic rings. The van der Waals surface area contributed by atoms with Gasteiger partial charge < -0.3 is 10.2 Å². The van der Waals surface area contributed by atoms with Crippen LogP contribution in [0.4, 0.5) is 4.39 Å². The summed E-state index contributed by atoms with van der Waals surface area (Å²) < 4.78 is 12.7. The van der Waals surface area contributed by atoms with Gasteiger partial charge in [0.1, 0.15) is 5.82 Å². The Labute approximate surface area is 104 Å². The van der Waals surface area contributed by atoms with Crippen molar-refractivity contribution in [3.63, 3.8) is 0 Å². The number of nitrogens with zero attached hydrogens (tertiary/aromatic N) is 1. The second kappa shape index (κ2) is 5.44. The number of halogens is 1. The van der Waals surface area contributed by atoms with E-state index in [0.717, 1.165) is 5.56 Å². The van der Waals surface area contributed by atoms with Gasteiger partial charge >= 0.3 is 0 Å². The molecule has 1 saturated heterocycles. The number of amides is 2. The molecule has 0 saturated carbocycles. The molecule has 2 amide bonds. The monoisotopic (exact) mass is 248 g/mol. The van der Waals surface area contributed by atoms with E-state index in [4.69, 9.17) is 0 Å². The summed E-state index contributed by atoms with van der Waals surface area (Å²) in [7, 11) is 0. The molecule has 1 N–H and O–H groups in total. The molecule has 0 aromatic heterocycles. The van der Waals surface area contributed by atoms with Gasteiger partial charge in [-0.15, -0.1) is 0 Å². The van der Waals surface area contributed by atoms with Crippen LogP contribution in [0.1, 0.15) is 5.56 Å². The minimum atomic E-state index is -0.314. The van der Waals surface area contributed by atoms with E-state index >= 15 is 0 Å². The van der Waals surface area contributed by atoms with E-state index in [1.165, 1.54) is 23.1 Å². The fraction of sp³-hybridized carbons (Fsp3) is 0.231. The highest BCUT2D eigenvalue weighted by molar-refractivity contribution is 5.94. The van der Waals surface area contributed by atoms with Crippen molar-refractivity contribution in [2.24, 2.45) is 0 Å². The summed E-state index contributed by atoms with van der Waals surface area (Å²) in [6.07, 6.45) is 3.00. The summed E-state index contributed by atoms with van der Waals surface area (Å²) in [5.74, 6) is -0.676. The Bertz CT molecular complexity index is 482. The first-order chi connectivity index (χ1) is 8.65. The topological polar surface area (TPSA) is 49.4 Å². The summed E-state index contributed by atoms with van der Waals surface area (Å²) in [6.45, 7) is 1.08. The van der Waals surface area contributed by atoms with Gasteiger partial charge in [-0.1, -0.05) is 12.1 Å². The lowest BCUT2D eigenvalue weighted by Gasteiger charge is -2.25. The standard InChI is InChI=1S/C13H13FN2O2/c14-11-4-1-10(2-5-11)3-6-13(18)16-8-7-15-12(17)9-16/h1-6H,7-9H2,(H,15,17)/b6-3-. The molecule has 1 fully saturated rings. The van der Waals surface area contributed by atoms with Gasteiger partial charge in [-0.05, 0) is 23.8 Å². The molecule has 18 heavy (non-hydrogen) atoms. The lowest BCUT2D eigenvalue weighted by molar-refractivity contribution is -0.134. The largest absolute Gasteiger partial charge is 0.353 e. The van der Waals surface area contributed by atoms with Crippen LogP contribution in [0.5, 0.6) is 0 Å². The van der Waals surface area contributed by atoms with E-state index in [-0.39, 0.29) is 24.2 Å². The number of hydrogen-bond acceptors (Lipinski definition) is 2. The van der Waals surface area contributed by atoms with E-state index < -0.39 is 0 Å². The molecule has 0 atom stereocenters. The number of rotatable bonds is 2. The average Bonchev–Trinajstić information content (AvgIpc) is 2.38. The molecule has 0 radical (unpaired) electrons.